The molecule has 0 saturated carbocycles. The topological polar surface area (TPSA) is 0 Å². The lowest BCUT2D eigenvalue weighted by atomic mass is 9.88. The first-order valence-corrected chi connectivity index (χ1v) is 14.2. The largest absolute Gasteiger partial charge is 0.0616 e. The number of fused-ring (bicyclic) bond motifs is 6. The molecule has 178 valence electrons. The standard InChI is InChI=1S/C39H22/c1-2-7-28-26(5-1)27-6-3-4-8-29(27)32-17-20(13-14-30(28)32)31-19-25-16-23-10-9-21-15-22-11-12-24-18-33(31)39-37(24)35(22)34(21)36(23)38(25)39/h1-14,17,19H,15-16,18H2. The van der Waals surface area contributed by atoms with Crippen molar-refractivity contribution in [2.45, 2.75) is 19.3 Å². The third-order valence-electron chi connectivity index (χ3n) is 10.2. The van der Waals surface area contributed by atoms with Gasteiger partial charge in [-0.25, -0.2) is 0 Å². The average Bonchev–Trinajstić information content (AvgIpc) is 3.67. The fourth-order valence-electron chi connectivity index (χ4n) is 8.71. The summed E-state index contributed by atoms with van der Waals surface area (Å²) in [5.41, 5.74) is 11.9. The van der Waals surface area contributed by atoms with E-state index in [0.29, 0.717) is 0 Å². The van der Waals surface area contributed by atoms with E-state index in [2.05, 4.69) is 97.1 Å². The first kappa shape index (κ1) is 19.4. The minimum absolute atomic E-state index is 1.04. The average molecular weight is 491 g/mol. The molecule has 0 heteroatoms. The van der Waals surface area contributed by atoms with E-state index in [1.165, 1.54) is 76.8 Å². The Kier molecular flexibility index (Phi) is 3.13. The second-order valence-electron chi connectivity index (χ2n) is 12.0. The molecule has 0 fully saturated rings. The van der Waals surface area contributed by atoms with Crippen molar-refractivity contribution in [2.75, 3.05) is 0 Å². The minimum Gasteiger partial charge on any atom is -0.0616 e. The van der Waals surface area contributed by atoms with E-state index in [9.17, 15) is 0 Å². The van der Waals surface area contributed by atoms with Gasteiger partial charge in [-0.3, -0.25) is 0 Å². The zero-order valence-corrected chi connectivity index (χ0v) is 21.4. The molecular formula is C39H22. The molecule has 39 heavy (non-hydrogen) atoms. The van der Waals surface area contributed by atoms with Crippen molar-refractivity contribution in [1.29, 1.82) is 0 Å². The van der Waals surface area contributed by atoms with E-state index in [1.807, 2.05) is 0 Å². The van der Waals surface area contributed by atoms with Gasteiger partial charge in [-0.1, -0.05) is 84.9 Å². The number of rotatable bonds is 1. The number of hydrogen-bond acceptors (Lipinski definition) is 0. The predicted octanol–water partition coefficient (Wildman–Crippen LogP) is 9.99. The Balaban J connectivity index is 1.29. The molecule has 11 rings (SSSR count). The van der Waals surface area contributed by atoms with Crippen LogP contribution in [0.25, 0.3) is 75.8 Å². The lowest BCUT2D eigenvalue weighted by Gasteiger charge is -2.15. The van der Waals surface area contributed by atoms with E-state index < -0.39 is 0 Å². The maximum atomic E-state index is 2.55. The highest BCUT2D eigenvalue weighted by molar-refractivity contribution is 6.34. The molecule has 3 aliphatic rings. The highest BCUT2D eigenvalue weighted by Gasteiger charge is 2.32. The monoisotopic (exact) mass is 490 g/mol. The fourth-order valence-corrected chi connectivity index (χ4v) is 8.71. The van der Waals surface area contributed by atoms with E-state index in [1.54, 1.807) is 32.3 Å². The zero-order valence-electron chi connectivity index (χ0n) is 21.4. The first-order valence-electron chi connectivity index (χ1n) is 14.2. The Labute approximate surface area is 225 Å². The minimum atomic E-state index is 1.04. The van der Waals surface area contributed by atoms with E-state index in [-0.39, 0.29) is 0 Å². The molecule has 0 unspecified atom stereocenters. The molecule has 0 saturated heterocycles. The summed E-state index contributed by atoms with van der Waals surface area (Å²) in [5.74, 6) is 0. The van der Waals surface area contributed by atoms with Crippen LogP contribution in [0.2, 0.25) is 0 Å². The van der Waals surface area contributed by atoms with Gasteiger partial charge in [0.05, 0.1) is 0 Å². The van der Waals surface area contributed by atoms with Crippen LogP contribution in [0.5, 0.6) is 0 Å². The van der Waals surface area contributed by atoms with Crippen molar-refractivity contribution in [2.24, 2.45) is 0 Å². The number of hydrogen-bond donors (Lipinski definition) is 0. The molecule has 0 aliphatic heterocycles. The molecule has 8 aromatic rings. The van der Waals surface area contributed by atoms with Crippen molar-refractivity contribution in [3.8, 4) is 11.1 Å². The molecule has 0 spiro atoms. The SMILES string of the molecule is c1ccc2c(c1)c1ccccc1c1cc(-c3cc4c5c6c(ccc7c6c6c(ccc8c6c5c3C8)C7)C4)ccc21. The summed E-state index contributed by atoms with van der Waals surface area (Å²) < 4.78 is 0. The van der Waals surface area contributed by atoms with Crippen molar-refractivity contribution in [3.05, 3.63) is 130 Å². The second kappa shape index (κ2) is 6.30. The van der Waals surface area contributed by atoms with Gasteiger partial charge in [0.2, 0.25) is 0 Å². The zero-order chi connectivity index (χ0) is 25.0. The Bertz CT molecular complexity index is 2440. The molecule has 0 aromatic heterocycles. The van der Waals surface area contributed by atoms with Gasteiger partial charge < -0.3 is 0 Å². The molecule has 0 heterocycles. The predicted molar refractivity (Wildman–Crippen MR) is 165 cm³/mol. The molecule has 3 aliphatic carbocycles. The maximum Gasteiger partial charge on any atom is -0.000682 e. The van der Waals surface area contributed by atoms with Crippen LogP contribution < -0.4 is 0 Å². The van der Waals surface area contributed by atoms with Gasteiger partial charge >= 0.3 is 0 Å². The van der Waals surface area contributed by atoms with Crippen LogP contribution in [0.3, 0.4) is 0 Å². The van der Waals surface area contributed by atoms with E-state index >= 15 is 0 Å². The van der Waals surface area contributed by atoms with E-state index in [0.717, 1.165) is 19.3 Å². The molecular weight excluding hydrogens is 468 g/mol. The van der Waals surface area contributed by atoms with Crippen molar-refractivity contribution in [1.82, 2.24) is 0 Å². The third kappa shape index (κ3) is 2.11. The molecule has 8 aromatic carbocycles. The van der Waals surface area contributed by atoms with Crippen molar-refractivity contribution in [3.63, 3.8) is 0 Å². The summed E-state index contributed by atoms with van der Waals surface area (Å²) in [6.07, 6.45) is 3.18. The van der Waals surface area contributed by atoms with Crippen LogP contribution in [0.1, 0.15) is 33.4 Å². The van der Waals surface area contributed by atoms with Gasteiger partial charge in [0.1, 0.15) is 0 Å². The maximum absolute atomic E-state index is 2.55. The summed E-state index contributed by atoms with van der Waals surface area (Å²) in [6.45, 7) is 0. The highest BCUT2D eigenvalue weighted by atomic mass is 14.4. The highest BCUT2D eigenvalue weighted by Crippen LogP contribution is 2.55. The van der Waals surface area contributed by atoms with Crippen molar-refractivity contribution < 1.29 is 0 Å². The van der Waals surface area contributed by atoms with Gasteiger partial charge in [-0.2, -0.15) is 0 Å². The lowest BCUT2D eigenvalue weighted by molar-refractivity contribution is 1.24. The first-order chi connectivity index (χ1) is 19.3. The summed E-state index contributed by atoms with van der Waals surface area (Å²) in [4.78, 5) is 0. The fraction of sp³-hybridized carbons (Fsp3) is 0.0769. The molecule has 0 N–H and O–H groups in total. The Morgan fingerprint density at radius 3 is 1.41 bits per heavy atom. The van der Waals surface area contributed by atoms with Crippen LogP contribution in [0.15, 0.2) is 97.1 Å². The number of benzene rings is 8. The summed E-state index contributed by atoms with van der Waals surface area (Å²) in [7, 11) is 0. The second-order valence-corrected chi connectivity index (χ2v) is 12.0. The van der Waals surface area contributed by atoms with Crippen LogP contribution in [-0.4, -0.2) is 0 Å². The Morgan fingerprint density at radius 2 is 0.795 bits per heavy atom. The summed E-state index contributed by atoms with van der Waals surface area (Å²) in [6, 6.07) is 37.3. The van der Waals surface area contributed by atoms with Gasteiger partial charge in [0, 0.05) is 0 Å². The van der Waals surface area contributed by atoms with Crippen LogP contribution in [0, 0.1) is 0 Å². The molecule has 0 radical (unpaired) electrons. The Morgan fingerprint density at radius 1 is 0.333 bits per heavy atom. The summed E-state index contributed by atoms with van der Waals surface area (Å²) in [5, 5.41) is 17.4. The van der Waals surface area contributed by atoms with Gasteiger partial charge in [-0.15, -0.1) is 0 Å². The van der Waals surface area contributed by atoms with Gasteiger partial charge in [0.15, 0.2) is 0 Å². The molecule has 0 amide bonds. The van der Waals surface area contributed by atoms with Gasteiger partial charge in [-0.05, 0) is 141 Å². The molecule has 0 nitrogen and oxygen atoms in total. The molecule has 0 bridgehead atoms. The third-order valence-corrected chi connectivity index (χ3v) is 10.2. The Hall–Kier alpha value is -4.68. The molecule has 0 atom stereocenters. The van der Waals surface area contributed by atoms with Crippen molar-refractivity contribution >= 4 is 64.6 Å². The van der Waals surface area contributed by atoms with Crippen LogP contribution >= 0.6 is 0 Å². The smallest absolute Gasteiger partial charge is 0.000682 e. The normalized spacial score (nSPS) is 14.4. The lowest BCUT2D eigenvalue weighted by Crippen LogP contribution is -1.92. The van der Waals surface area contributed by atoms with Crippen LogP contribution in [0.4, 0.5) is 0 Å². The van der Waals surface area contributed by atoms with Crippen LogP contribution in [-0.2, 0) is 19.3 Å². The van der Waals surface area contributed by atoms with Gasteiger partial charge in [0.25, 0.3) is 0 Å². The van der Waals surface area contributed by atoms with E-state index in [4.69, 9.17) is 0 Å². The quantitative estimate of drug-likeness (QED) is 0.201. The summed E-state index contributed by atoms with van der Waals surface area (Å²) >= 11 is 0.